The molecule has 0 radical (unpaired) electrons. The van der Waals surface area contributed by atoms with Crippen molar-refractivity contribution in [3.8, 4) is 0 Å². The van der Waals surface area contributed by atoms with Crippen molar-refractivity contribution >= 4 is 24.8 Å². The minimum absolute atomic E-state index is 0. The van der Waals surface area contributed by atoms with Gasteiger partial charge in [-0.05, 0) is 0 Å². The van der Waals surface area contributed by atoms with Crippen molar-refractivity contribution < 1.29 is 41.9 Å². The molecule has 0 atom stereocenters. The third-order valence-electron chi connectivity index (χ3n) is 0. The molecule has 38 valence electrons. The minimum atomic E-state index is 0. The Morgan fingerprint density at radius 2 is 0.600 bits per heavy atom. The molecule has 0 aliphatic carbocycles. The van der Waals surface area contributed by atoms with Gasteiger partial charge in [-0.1, -0.05) is 0 Å². The summed E-state index contributed by atoms with van der Waals surface area (Å²) in [6, 6.07) is 0. The smallest absolute Gasteiger partial charge is 1.00 e. The Morgan fingerprint density at radius 3 is 0.600 bits per heavy atom. The molecule has 0 nitrogen and oxygen atoms in total. The second kappa shape index (κ2) is 44.1. The van der Waals surface area contributed by atoms with Crippen LogP contribution in [0.2, 0.25) is 0 Å². The van der Waals surface area contributed by atoms with Crippen LogP contribution in [-0.4, -0.2) is 0 Å². The first-order chi connectivity index (χ1) is 0. The molecular formula is H2Cl4Fe. The standard InChI is InChI=1S/4ClH.Fe/h4*1H;/q;;;;+2/p-2. The fourth-order valence-electron chi connectivity index (χ4n) is 0. The molecule has 5 heavy (non-hydrogen) atoms. The van der Waals surface area contributed by atoms with Crippen molar-refractivity contribution in [2.45, 2.75) is 0 Å². The van der Waals surface area contributed by atoms with Crippen LogP contribution in [0.1, 0.15) is 0 Å². The molecule has 0 aliphatic rings. The van der Waals surface area contributed by atoms with Gasteiger partial charge < -0.3 is 24.8 Å². The second-order valence-electron chi connectivity index (χ2n) is 0. The molecule has 0 rings (SSSR count). The summed E-state index contributed by atoms with van der Waals surface area (Å²) in [7, 11) is 0. The van der Waals surface area contributed by atoms with E-state index in [1.165, 1.54) is 0 Å². The molecule has 0 spiro atoms. The van der Waals surface area contributed by atoms with Crippen LogP contribution in [0, 0.1) is 0 Å². The van der Waals surface area contributed by atoms with E-state index in [0.717, 1.165) is 0 Å². The minimum Gasteiger partial charge on any atom is -1.00 e. The first-order valence-electron chi connectivity index (χ1n) is 0. The molecular weight excluding hydrogens is 198 g/mol. The third-order valence-corrected chi connectivity index (χ3v) is 0. The summed E-state index contributed by atoms with van der Waals surface area (Å²) in [6.45, 7) is 0. The van der Waals surface area contributed by atoms with E-state index in [0.29, 0.717) is 0 Å². The van der Waals surface area contributed by atoms with Gasteiger partial charge in [0.05, 0.1) is 0 Å². The molecule has 0 saturated heterocycles. The van der Waals surface area contributed by atoms with Gasteiger partial charge in [-0.15, -0.1) is 24.8 Å². The molecule has 0 aromatic rings. The normalized spacial score (nSPS) is 0. The zero-order chi connectivity index (χ0) is 0. The van der Waals surface area contributed by atoms with Gasteiger partial charge in [0, 0.05) is 0 Å². The number of hydrogen-bond donors (Lipinski definition) is 0. The van der Waals surface area contributed by atoms with E-state index in [1.54, 1.807) is 0 Å². The largest absolute Gasteiger partial charge is 2.00 e. The summed E-state index contributed by atoms with van der Waals surface area (Å²) in [6.07, 6.45) is 0. The molecule has 0 amide bonds. The van der Waals surface area contributed by atoms with Crippen molar-refractivity contribution in [3.63, 3.8) is 0 Å². The summed E-state index contributed by atoms with van der Waals surface area (Å²) < 4.78 is 0. The van der Waals surface area contributed by atoms with Gasteiger partial charge in [0.25, 0.3) is 0 Å². The predicted molar refractivity (Wildman–Crippen MR) is 14.5 cm³/mol. The van der Waals surface area contributed by atoms with E-state index in [4.69, 9.17) is 0 Å². The van der Waals surface area contributed by atoms with E-state index < -0.39 is 0 Å². The van der Waals surface area contributed by atoms with Crippen LogP contribution < -0.4 is 24.8 Å². The van der Waals surface area contributed by atoms with Crippen molar-refractivity contribution in [3.05, 3.63) is 0 Å². The van der Waals surface area contributed by atoms with Crippen molar-refractivity contribution in [2.24, 2.45) is 0 Å². The van der Waals surface area contributed by atoms with Crippen molar-refractivity contribution in [2.75, 3.05) is 0 Å². The van der Waals surface area contributed by atoms with Crippen LogP contribution in [0.25, 0.3) is 0 Å². The molecule has 0 aromatic carbocycles. The van der Waals surface area contributed by atoms with Crippen molar-refractivity contribution in [1.82, 2.24) is 0 Å². The maximum Gasteiger partial charge on any atom is 2.00 e. The molecule has 0 saturated carbocycles. The topological polar surface area (TPSA) is 0 Å². The maximum atomic E-state index is 0. The molecule has 0 unspecified atom stereocenters. The predicted octanol–water partition coefficient (Wildman–Crippen LogP) is -5.15. The first-order valence-corrected chi connectivity index (χ1v) is 0. The Bertz CT molecular complexity index is 3.61. The molecule has 0 N–H and O–H groups in total. The van der Waals surface area contributed by atoms with E-state index in [2.05, 4.69) is 0 Å². The summed E-state index contributed by atoms with van der Waals surface area (Å²) in [5.41, 5.74) is 0. The van der Waals surface area contributed by atoms with E-state index in [-0.39, 0.29) is 66.7 Å². The summed E-state index contributed by atoms with van der Waals surface area (Å²) in [5, 5.41) is 0. The van der Waals surface area contributed by atoms with Gasteiger partial charge in [-0.2, -0.15) is 0 Å². The second-order valence-corrected chi connectivity index (χ2v) is 0. The molecule has 0 aromatic heterocycles. The average Bonchev–Trinajstić information content (AvgIpc) is 0. The Balaban J connectivity index is 0. The van der Waals surface area contributed by atoms with Crippen LogP contribution in [0.3, 0.4) is 0 Å². The Kier molecular flexibility index (Phi) is 674. The molecule has 0 fully saturated rings. The van der Waals surface area contributed by atoms with Gasteiger partial charge in [0.1, 0.15) is 0 Å². The maximum absolute atomic E-state index is 0. The Hall–Kier alpha value is 1.68. The molecule has 0 heterocycles. The Labute approximate surface area is 66.6 Å². The molecule has 5 heteroatoms. The average molecular weight is 200 g/mol. The van der Waals surface area contributed by atoms with Crippen LogP contribution in [0.15, 0.2) is 0 Å². The first kappa shape index (κ1) is 76.4. The van der Waals surface area contributed by atoms with E-state index in [1.807, 2.05) is 0 Å². The van der Waals surface area contributed by atoms with Gasteiger partial charge in [-0.25, -0.2) is 0 Å². The number of halogens is 4. The summed E-state index contributed by atoms with van der Waals surface area (Å²) >= 11 is 0. The zero-order valence-electron chi connectivity index (χ0n) is 1.93. The van der Waals surface area contributed by atoms with Crippen molar-refractivity contribution in [1.29, 1.82) is 0 Å². The number of hydrogen-bond acceptors (Lipinski definition) is 0. The SMILES string of the molecule is Cl.Cl.[Cl-].[Cl-].[Fe+2]. The number of rotatable bonds is 0. The Morgan fingerprint density at radius 1 is 0.600 bits per heavy atom. The zero-order valence-corrected chi connectivity index (χ0v) is 6.18. The molecule has 0 bridgehead atoms. The van der Waals surface area contributed by atoms with Gasteiger partial charge >= 0.3 is 17.1 Å². The molecule has 0 aliphatic heterocycles. The van der Waals surface area contributed by atoms with Crippen LogP contribution in [-0.2, 0) is 17.1 Å². The fourth-order valence-corrected chi connectivity index (χ4v) is 0. The summed E-state index contributed by atoms with van der Waals surface area (Å²) in [4.78, 5) is 0. The quantitative estimate of drug-likeness (QED) is 0.343. The monoisotopic (exact) mass is 198 g/mol. The van der Waals surface area contributed by atoms with Gasteiger partial charge in [-0.3, -0.25) is 0 Å². The third kappa shape index (κ3) is 27.3. The van der Waals surface area contributed by atoms with Gasteiger partial charge in [0.15, 0.2) is 0 Å². The van der Waals surface area contributed by atoms with E-state index >= 15 is 0 Å². The van der Waals surface area contributed by atoms with E-state index in [9.17, 15) is 0 Å². The van der Waals surface area contributed by atoms with Crippen LogP contribution in [0.4, 0.5) is 0 Å². The fraction of sp³-hybridized carbons (Fsp3) is 0. The van der Waals surface area contributed by atoms with Gasteiger partial charge in [0.2, 0.25) is 0 Å². The van der Waals surface area contributed by atoms with Crippen LogP contribution in [0.5, 0.6) is 0 Å². The summed E-state index contributed by atoms with van der Waals surface area (Å²) in [5.74, 6) is 0. The van der Waals surface area contributed by atoms with Crippen LogP contribution >= 0.6 is 24.8 Å².